The van der Waals surface area contributed by atoms with Crippen LogP contribution in [0.1, 0.15) is 28.9 Å². The van der Waals surface area contributed by atoms with Gasteiger partial charge in [-0.25, -0.2) is 4.68 Å². The third-order valence-corrected chi connectivity index (χ3v) is 5.23. The number of methoxy groups -OCH3 is 1. The highest BCUT2D eigenvalue weighted by atomic mass is 16.5. The van der Waals surface area contributed by atoms with Crippen LogP contribution < -0.4 is 0 Å². The fraction of sp³-hybridized carbons (Fsp3) is 0.550. The zero-order valence-electron chi connectivity index (χ0n) is 16.6. The van der Waals surface area contributed by atoms with Crippen molar-refractivity contribution in [2.45, 2.75) is 31.5 Å². The van der Waals surface area contributed by atoms with Gasteiger partial charge in [-0.05, 0) is 18.4 Å². The van der Waals surface area contributed by atoms with E-state index < -0.39 is 5.60 Å². The number of aromatic nitrogens is 3. The summed E-state index contributed by atoms with van der Waals surface area (Å²) in [5.41, 5.74) is 0.733. The Balaban J connectivity index is 1.52. The van der Waals surface area contributed by atoms with Gasteiger partial charge in [0.05, 0.1) is 24.9 Å². The SMILES string of the molecule is COCCN(C)C(=O)c1cn(CC2(O)CCN(Cc3ccccc3)CC2)nn1. The van der Waals surface area contributed by atoms with Gasteiger partial charge in [-0.3, -0.25) is 9.69 Å². The van der Waals surface area contributed by atoms with Gasteiger partial charge in [-0.15, -0.1) is 5.10 Å². The first-order valence-corrected chi connectivity index (χ1v) is 9.62. The molecule has 2 heterocycles. The molecule has 1 saturated heterocycles. The second-order valence-electron chi connectivity index (χ2n) is 7.51. The van der Waals surface area contributed by atoms with E-state index in [1.54, 1.807) is 29.9 Å². The summed E-state index contributed by atoms with van der Waals surface area (Å²) in [7, 11) is 3.30. The van der Waals surface area contributed by atoms with Crippen LogP contribution in [0.4, 0.5) is 0 Å². The molecule has 1 amide bonds. The molecule has 0 bridgehead atoms. The van der Waals surface area contributed by atoms with Crippen molar-refractivity contribution in [2.75, 3.05) is 40.4 Å². The molecule has 0 aliphatic carbocycles. The van der Waals surface area contributed by atoms with Crippen LogP contribution in [0.15, 0.2) is 36.5 Å². The number of hydrogen-bond donors (Lipinski definition) is 1. The Kier molecular flexibility index (Phi) is 6.77. The lowest BCUT2D eigenvalue weighted by Crippen LogP contribution is -2.46. The minimum Gasteiger partial charge on any atom is -0.388 e. The van der Waals surface area contributed by atoms with Crippen molar-refractivity contribution < 1.29 is 14.6 Å². The summed E-state index contributed by atoms with van der Waals surface area (Å²) in [5.74, 6) is -0.201. The topological polar surface area (TPSA) is 83.7 Å². The van der Waals surface area contributed by atoms with E-state index in [0.29, 0.717) is 32.5 Å². The standard InChI is InChI=1S/C20H29N5O3/c1-23(12-13-28-2)19(26)18-15-25(22-21-18)16-20(27)8-10-24(11-9-20)14-17-6-4-3-5-7-17/h3-7,15,27H,8-14,16H2,1-2H3. The van der Waals surface area contributed by atoms with E-state index in [9.17, 15) is 9.90 Å². The smallest absolute Gasteiger partial charge is 0.275 e. The van der Waals surface area contributed by atoms with Crippen molar-refractivity contribution >= 4 is 5.91 Å². The van der Waals surface area contributed by atoms with Gasteiger partial charge in [0.25, 0.3) is 5.91 Å². The van der Waals surface area contributed by atoms with Gasteiger partial charge in [-0.1, -0.05) is 35.5 Å². The third kappa shape index (κ3) is 5.37. The summed E-state index contributed by atoms with van der Waals surface area (Å²) < 4.78 is 6.57. The first kappa shape index (κ1) is 20.4. The minimum atomic E-state index is -0.830. The molecule has 8 nitrogen and oxygen atoms in total. The number of aliphatic hydroxyl groups is 1. The maximum absolute atomic E-state index is 12.3. The summed E-state index contributed by atoms with van der Waals surface area (Å²) in [5, 5.41) is 19.0. The van der Waals surface area contributed by atoms with Crippen LogP contribution in [0.5, 0.6) is 0 Å². The van der Waals surface area contributed by atoms with Crippen LogP contribution >= 0.6 is 0 Å². The molecule has 3 rings (SSSR count). The number of ether oxygens (including phenoxy) is 1. The average Bonchev–Trinajstić information content (AvgIpc) is 3.16. The monoisotopic (exact) mass is 387 g/mol. The zero-order chi connectivity index (χ0) is 20.0. The molecular weight excluding hydrogens is 358 g/mol. The average molecular weight is 387 g/mol. The Morgan fingerprint density at radius 3 is 2.68 bits per heavy atom. The number of carbonyl (C=O) groups is 1. The summed E-state index contributed by atoms with van der Waals surface area (Å²) >= 11 is 0. The number of rotatable bonds is 8. The van der Waals surface area contributed by atoms with Gasteiger partial charge in [0, 0.05) is 40.3 Å². The number of carbonyl (C=O) groups excluding carboxylic acids is 1. The molecular formula is C20H29N5O3. The molecule has 0 saturated carbocycles. The molecule has 1 N–H and O–H groups in total. The fourth-order valence-electron chi connectivity index (χ4n) is 3.43. The maximum atomic E-state index is 12.3. The predicted octanol–water partition coefficient (Wildman–Crippen LogP) is 1.02. The summed E-state index contributed by atoms with van der Waals surface area (Å²) in [6, 6.07) is 10.4. The Morgan fingerprint density at radius 1 is 1.29 bits per heavy atom. The summed E-state index contributed by atoms with van der Waals surface area (Å²) in [6.45, 7) is 3.84. The lowest BCUT2D eigenvalue weighted by atomic mass is 9.91. The van der Waals surface area contributed by atoms with E-state index in [0.717, 1.165) is 19.6 Å². The van der Waals surface area contributed by atoms with Gasteiger partial charge in [0.1, 0.15) is 0 Å². The molecule has 28 heavy (non-hydrogen) atoms. The van der Waals surface area contributed by atoms with Crippen molar-refractivity contribution in [2.24, 2.45) is 0 Å². The second kappa shape index (κ2) is 9.27. The maximum Gasteiger partial charge on any atom is 0.275 e. The second-order valence-corrected chi connectivity index (χ2v) is 7.51. The lowest BCUT2D eigenvalue weighted by molar-refractivity contribution is -0.0383. The van der Waals surface area contributed by atoms with Gasteiger partial charge in [0.15, 0.2) is 5.69 Å². The number of hydrogen-bond acceptors (Lipinski definition) is 6. The van der Waals surface area contributed by atoms with Crippen LogP contribution in [-0.4, -0.2) is 81.8 Å². The molecule has 1 aromatic heterocycles. The molecule has 1 aromatic carbocycles. The molecule has 1 aliphatic rings. The lowest BCUT2D eigenvalue weighted by Gasteiger charge is -2.38. The van der Waals surface area contributed by atoms with E-state index in [-0.39, 0.29) is 11.6 Å². The van der Waals surface area contributed by atoms with E-state index in [4.69, 9.17) is 4.74 Å². The number of likely N-dealkylation sites (tertiary alicyclic amines) is 1. The van der Waals surface area contributed by atoms with Gasteiger partial charge in [0.2, 0.25) is 0 Å². The number of amides is 1. The quantitative estimate of drug-likeness (QED) is 0.728. The van der Waals surface area contributed by atoms with Crippen molar-refractivity contribution in [1.29, 1.82) is 0 Å². The van der Waals surface area contributed by atoms with Gasteiger partial charge in [-0.2, -0.15) is 0 Å². The molecule has 0 unspecified atom stereocenters. The van der Waals surface area contributed by atoms with Crippen LogP contribution in [0.2, 0.25) is 0 Å². The van der Waals surface area contributed by atoms with E-state index in [2.05, 4.69) is 27.3 Å². The summed E-state index contributed by atoms with van der Waals surface area (Å²) in [4.78, 5) is 16.2. The molecule has 1 aliphatic heterocycles. The largest absolute Gasteiger partial charge is 0.388 e. The summed E-state index contributed by atoms with van der Waals surface area (Å²) in [6.07, 6.45) is 2.94. The molecule has 8 heteroatoms. The van der Waals surface area contributed by atoms with Crippen molar-refractivity contribution in [1.82, 2.24) is 24.8 Å². The predicted molar refractivity (Wildman–Crippen MR) is 105 cm³/mol. The molecule has 0 atom stereocenters. The molecule has 2 aromatic rings. The zero-order valence-corrected chi connectivity index (χ0v) is 16.6. The van der Waals surface area contributed by atoms with E-state index in [1.807, 2.05) is 18.2 Å². The van der Waals surface area contributed by atoms with Crippen molar-refractivity contribution in [3.05, 3.63) is 47.8 Å². The van der Waals surface area contributed by atoms with Crippen molar-refractivity contribution in [3.63, 3.8) is 0 Å². The minimum absolute atomic E-state index is 0.201. The highest BCUT2D eigenvalue weighted by molar-refractivity contribution is 5.91. The van der Waals surface area contributed by atoms with Crippen LogP contribution in [0.25, 0.3) is 0 Å². The normalized spacial score (nSPS) is 16.8. The first-order chi connectivity index (χ1) is 13.5. The molecule has 1 fully saturated rings. The van der Waals surface area contributed by atoms with Crippen LogP contribution in [-0.2, 0) is 17.8 Å². The third-order valence-electron chi connectivity index (χ3n) is 5.23. The van der Waals surface area contributed by atoms with E-state index in [1.165, 1.54) is 5.56 Å². The molecule has 152 valence electrons. The Morgan fingerprint density at radius 2 is 2.00 bits per heavy atom. The number of piperidine rings is 1. The molecule has 0 spiro atoms. The Labute approximate surface area is 165 Å². The van der Waals surface area contributed by atoms with Crippen LogP contribution in [0, 0.1) is 0 Å². The molecule has 0 radical (unpaired) electrons. The van der Waals surface area contributed by atoms with E-state index >= 15 is 0 Å². The number of likely N-dealkylation sites (N-methyl/N-ethyl adjacent to an activating group) is 1. The van der Waals surface area contributed by atoms with Crippen LogP contribution in [0.3, 0.4) is 0 Å². The Hall–Kier alpha value is -2.29. The highest BCUT2D eigenvalue weighted by Gasteiger charge is 2.33. The van der Waals surface area contributed by atoms with Gasteiger partial charge < -0.3 is 14.7 Å². The Bertz CT molecular complexity index is 756. The van der Waals surface area contributed by atoms with Crippen molar-refractivity contribution in [3.8, 4) is 0 Å². The number of nitrogens with zero attached hydrogens (tertiary/aromatic N) is 5. The number of benzene rings is 1. The highest BCUT2D eigenvalue weighted by Crippen LogP contribution is 2.25. The first-order valence-electron chi connectivity index (χ1n) is 9.62. The fourth-order valence-corrected chi connectivity index (χ4v) is 3.43. The van der Waals surface area contributed by atoms with Gasteiger partial charge >= 0.3 is 0 Å².